The van der Waals surface area contributed by atoms with Crippen molar-refractivity contribution in [3.05, 3.63) is 71.8 Å². The van der Waals surface area contributed by atoms with Crippen molar-refractivity contribution >= 4 is 0 Å². The first-order valence-corrected chi connectivity index (χ1v) is 8.45. The number of hydrogen-bond donors (Lipinski definition) is 1. The highest BCUT2D eigenvalue weighted by Gasteiger charge is 2.23. The lowest BCUT2D eigenvalue weighted by atomic mass is 9.98. The fraction of sp³-hybridized carbons (Fsp3) is 0.429. The molecule has 23 heavy (non-hydrogen) atoms. The predicted molar refractivity (Wildman–Crippen MR) is 97.4 cm³/mol. The van der Waals surface area contributed by atoms with Gasteiger partial charge in [0.2, 0.25) is 0 Å². The molecule has 124 valence electrons. The lowest BCUT2D eigenvalue weighted by Crippen LogP contribution is -2.37. The van der Waals surface area contributed by atoms with E-state index in [1.807, 2.05) is 6.07 Å². The zero-order valence-electron chi connectivity index (χ0n) is 14.8. The maximum absolute atomic E-state index is 6.13. The third-order valence-corrected chi connectivity index (χ3v) is 4.10. The Balaban J connectivity index is 1.82. The Hall–Kier alpha value is -1.64. The minimum Gasteiger partial charge on any atom is -0.371 e. The molecule has 2 heteroatoms. The Morgan fingerprint density at radius 3 is 2.09 bits per heavy atom. The first-order valence-electron chi connectivity index (χ1n) is 8.45. The van der Waals surface area contributed by atoms with Gasteiger partial charge in [-0.05, 0) is 45.2 Å². The summed E-state index contributed by atoms with van der Waals surface area (Å²) < 4.78 is 6.13. The molecule has 1 N–H and O–H groups in total. The summed E-state index contributed by atoms with van der Waals surface area (Å²) >= 11 is 0. The van der Waals surface area contributed by atoms with Crippen molar-refractivity contribution in [2.45, 2.75) is 58.4 Å². The van der Waals surface area contributed by atoms with Gasteiger partial charge in [0.15, 0.2) is 0 Å². The van der Waals surface area contributed by atoms with E-state index in [0.717, 1.165) is 6.42 Å². The molecule has 0 aliphatic heterocycles. The average Bonchev–Trinajstić information content (AvgIpc) is 2.54. The van der Waals surface area contributed by atoms with Crippen LogP contribution < -0.4 is 5.32 Å². The minimum atomic E-state index is -0.154. The van der Waals surface area contributed by atoms with E-state index in [4.69, 9.17) is 4.74 Å². The Bertz CT molecular complexity index is 565. The van der Waals surface area contributed by atoms with Gasteiger partial charge in [0.1, 0.15) is 0 Å². The second-order valence-corrected chi connectivity index (χ2v) is 6.94. The van der Waals surface area contributed by atoms with Crippen LogP contribution in [0.15, 0.2) is 60.7 Å². The van der Waals surface area contributed by atoms with E-state index in [-0.39, 0.29) is 5.60 Å². The molecule has 0 amide bonds. The van der Waals surface area contributed by atoms with Gasteiger partial charge in [-0.25, -0.2) is 0 Å². The van der Waals surface area contributed by atoms with E-state index >= 15 is 0 Å². The third-order valence-electron chi connectivity index (χ3n) is 4.10. The SMILES string of the molecule is C[C@H](N[C@@H](C)CC(C)(C)OCc1ccccc1)c1ccccc1. The molecule has 2 rings (SSSR count). The van der Waals surface area contributed by atoms with E-state index in [0.29, 0.717) is 18.7 Å². The molecule has 2 nitrogen and oxygen atoms in total. The Morgan fingerprint density at radius 2 is 1.48 bits per heavy atom. The van der Waals surface area contributed by atoms with E-state index in [9.17, 15) is 0 Å². The Kier molecular flexibility index (Phi) is 6.37. The number of hydrogen-bond acceptors (Lipinski definition) is 2. The molecular weight excluding hydrogens is 282 g/mol. The van der Waals surface area contributed by atoms with Gasteiger partial charge in [-0.1, -0.05) is 60.7 Å². The topological polar surface area (TPSA) is 21.3 Å². The Morgan fingerprint density at radius 1 is 0.913 bits per heavy atom. The molecule has 0 aliphatic rings. The molecule has 0 radical (unpaired) electrons. The van der Waals surface area contributed by atoms with Crippen molar-refractivity contribution in [3.8, 4) is 0 Å². The summed E-state index contributed by atoms with van der Waals surface area (Å²) in [5.74, 6) is 0. The molecule has 2 atom stereocenters. The molecule has 0 bridgehead atoms. The summed E-state index contributed by atoms with van der Waals surface area (Å²) in [6, 6.07) is 21.6. The van der Waals surface area contributed by atoms with Crippen molar-refractivity contribution in [3.63, 3.8) is 0 Å². The molecule has 0 saturated heterocycles. The monoisotopic (exact) mass is 311 g/mol. The molecule has 2 aromatic carbocycles. The van der Waals surface area contributed by atoms with Gasteiger partial charge in [-0.15, -0.1) is 0 Å². The smallest absolute Gasteiger partial charge is 0.0724 e. The summed E-state index contributed by atoms with van der Waals surface area (Å²) in [5, 5.41) is 3.67. The fourth-order valence-corrected chi connectivity index (χ4v) is 2.97. The maximum Gasteiger partial charge on any atom is 0.0724 e. The van der Waals surface area contributed by atoms with Crippen LogP contribution in [0.1, 0.15) is 51.3 Å². The molecule has 0 unspecified atom stereocenters. The van der Waals surface area contributed by atoms with Gasteiger partial charge in [-0.2, -0.15) is 0 Å². The van der Waals surface area contributed by atoms with Crippen LogP contribution in [0.5, 0.6) is 0 Å². The van der Waals surface area contributed by atoms with E-state index in [1.165, 1.54) is 11.1 Å². The zero-order valence-corrected chi connectivity index (χ0v) is 14.8. The average molecular weight is 311 g/mol. The number of ether oxygens (including phenoxy) is 1. The maximum atomic E-state index is 6.13. The van der Waals surface area contributed by atoms with Crippen molar-refractivity contribution in [1.82, 2.24) is 5.32 Å². The standard InChI is InChI=1S/C21H29NO/c1-17(22-18(2)20-13-9-6-10-14-20)15-21(3,4)23-16-19-11-7-5-8-12-19/h5-14,17-18,22H,15-16H2,1-4H3/t17-,18-/m0/s1. The normalized spacial score (nSPS) is 14.4. The second-order valence-electron chi connectivity index (χ2n) is 6.94. The fourth-order valence-electron chi connectivity index (χ4n) is 2.97. The van der Waals surface area contributed by atoms with Crippen LogP contribution in [-0.4, -0.2) is 11.6 Å². The summed E-state index contributed by atoms with van der Waals surface area (Å²) in [4.78, 5) is 0. The number of rotatable bonds is 8. The predicted octanol–water partition coefficient (Wildman–Crippen LogP) is 5.11. The van der Waals surface area contributed by atoms with E-state index < -0.39 is 0 Å². The second kappa shape index (κ2) is 8.28. The van der Waals surface area contributed by atoms with Crippen LogP contribution in [0, 0.1) is 0 Å². The molecule has 0 saturated carbocycles. The molecule has 2 aromatic rings. The Labute approximate surface area is 140 Å². The molecule has 0 spiro atoms. The zero-order chi connectivity index (χ0) is 16.7. The molecule has 0 aliphatic carbocycles. The first kappa shape index (κ1) is 17.7. The molecule has 0 aromatic heterocycles. The quantitative estimate of drug-likeness (QED) is 0.731. The van der Waals surface area contributed by atoms with Crippen LogP contribution in [0.3, 0.4) is 0 Å². The van der Waals surface area contributed by atoms with Gasteiger partial charge >= 0.3 is 0 Å². The van der Waals surface area contributed by atoms with Crippen molar-refractivity contribution < 1.29 is 4.74 Å². The highest BCUT2D eigenvalue weighted by molar-refractivity contribution is 5.18. The van der Waals surface area contributed by atoms with Gasteiger partial charge in [0, 0.05) is 12.1 Å². The lowest BCUT2D eigenvalue weighted by Gasteiger charge is -2.30. The number of benzene rings is 2. The van der Waals surface area contributed by atoms with Crippen molar-refractivity contribution in [2.75, 3.05) is 0 Å². The van der Waals surface area contributed by atoms with Crippen LogP contribution in [-0.2, 0) is 11.3 Å². The van der Waals surface area contributed by atoms with Gasteiger partial charge in [-0.3, -0.25) is 0 Å². The lowest BCUT2D eigenvalue weighted by molar-refractivity contribution is -0.0405. The summed E-state index contributed by atoms with van der Waals surface area (Å²) in [6.45, 7) is 9.44. The van der Waals surface area contributed by atoms with Gasteiger partial charge in [0.25, 0.3) is 0 Å². The third kappa shape index (κ3) is 6.17. The highest BCUT2D eigenvalue weighted by Crippen LogP contribution is 2.21. The largest absolute Gasteiger partial charge is 0.371 e. The molecular formula is C21H29NO. The van der Waals surface area contributed by atoms with Crippen LogP contribution in [0.25, 0.3) is 0 Å². The van der Waals surface area contributed by atoms with Crippen LogP contribution in [0.2, 0.25) is 0 Å². The summed E-state index contributed by atoms with van der Waals surface area (Å²) in [5.41, 5.74) is 2.39. The molecule has 0 fully saturated rings. The van der Waals surface area contributed by atoms with Crippen molar-refractivity contribution in [2.24, 2.45) is 0 Å². The first-order chi connectivity index (χ1) is 11.0. The van der Waals surface area contributed by atoms with Gasteiger partial charge in [0.05, 0.1) is 12.2 Å². The summed E-state index contributed by atoms with van der Waals surface area (Å²) in [7, 11) is 0. The minimum absolute atomic E-state index is 0.154. The van der Waals surface area contributed by atoms with Crippen LogP contribution in [0.4, 0.5) is 0 Å². The van der Waals surface area contributed by atoms with Gasteiger partial charge < -0.3 is 10.1 Å². The van der Waals surface area contributed by atoms with E-state index in [1.54, 1.807) is 0 Å². The number of nitrogens with one attached hydrogen (secondary N) is 1. The highest BCUT2D eigenvalue weighted by atomic mass is 16.5. The van der Waals surface area contributed by atoms with Crippen LogP contribution >= 0.6 is 0 Å². The van der Waals surface area contributed by atoms with Crippen molar-refractivity contribution in [1.29, 1.82) is 0 Å². The summed E-state index contributed by atoms with van der Waals surface area (Å²) in [6.07, 6.45) is 0.969. The van der Waals surface area contributed by atoms with E-state index in [2.05, 4.69) is 87.6 Å². The molecule has 0 heterocycles.